The largest absolute Gasteiger partial charge is 0.433 e. The van der Waals surface area contributed by atoms with Crippen molar-refractivity contribution in [2.75, 3.05) is 0 Å². The molecule has 60 valence electrons. The second-order valence-corrected chi connectivity index (χ2v) is 7.79. The van der Waals surface area contributed by atoms with Gasteiger partial charge in [-0.2, -0.15) is 0 Å². The van der Waals surface area contributed by atoms with Crippen LogP contribution in [0.25, 0.3) is 0 Å². The van der Waals surface area contributed by atoms with E-state index in [0.29, 0.717) is 28.9 Å². The van der Waals surface area contributed by atoms with E-state index in [-0.39, 0.29) is 0 Å². The minimum absolute atomic E-state index is 0.347. The van der Waals surface area contributed by atoms with Crippen molar-refractivity contribution in [3.05, 3.63) is 12.3 Å². The monoisotopic (exact) mass is 200 g/mol. The third-order valence-corrected chi connectivity index (χ3v) is 5.12. The normalized spacial score (nSPS) is 11.1. The molecule has 4 N–H and O–H groups in total. The summed E-state index contributed by atoms with van der Waals surface area (Å²) in [4.78, 5) is 0. The summed E-state index contributed by atoms with van der Waals surface area (Å²) in [5.74, 6) is -2.60. The molecule has 0 unspecified atom stereocenters. The lowest BCUT2D eigenvalue weighted by molar-refractivity contribution is 0.436. The van der Waals surface area contributed by atoms with E-state index in [4.69, 9.17) is 14.8 Å². The maximum absolute atomic E-state index is 11.2. The zero-order valence-corrected chi connectivity index (χ0v) is 7.97. The molecule has 0 rings (SSSR count). The molecule has 0 heterocycles. The molecule has 4 nitrogen and oxygen atoms in total. The molecule has 0 saturated carbocycles. The van der Waals surface area contributed by atoms with Crippen LogP contribution < -0.4 is 10.3 Å². The SMILES string of the molecule is C=C(C)OP(=O)(SN)SN. The first kappa shape index (κ1) is 10.4. The molecular weight excluding hydrogens is 191 g/mol. The molecule has 0 radical (unpaired) electrons. The first-order valence-corrected chi connectivity index (χ1v) is 6.85. The number of hydrogen-bond donors (Lipinski definition) is 2. The summed E-state index contributed by atoms with van der Waals surface area (Å²) < 4.78 is 15.9. The van der Waals surface area contributed by atoms with Gasteiger partial charge in [0.05, 0.1) is 5.76 Å². The van der Waals surface area contributed by atoms with Crippen molar-refractivity contribution >= 4 is 28.9 Å². The fourth-order valence-electron chi connectivity index (χ4n) is 0.259. The van der Waals surface area contributed by atoms with Gasteiger partial charge in [0.2, 0.25) is 0 Å². The number of rotatable bonds is 4. The van der Waals surface area contributed by atoms with E-state index in [1.165, 1.54) is 0 Å². The Kier molecular flexibility index (Phi) is 4.47. The summed E-state index contributed by atoms with van der Waals surface area (Å²) >= 11 is 1.22. The van der Waals surface area contributed by atoms with Crippen LogP contribution in [-0.2, 0) is 9.09 Å². The lowest BCUT2D eigenvalue weighted by atomic mass is 10.7. The lowest BCUT2D eigenvalue weighted by Crippen LogP contribution is -1.87. The highest BCUT2D eigenvalue weighted by molar-refractivity contribution is 8.88. The van der Waals surface area contributed by atoms with Crippen LogP contribution in [0.4, 0.5) is 0 Å². The van der Waals surface area contributed by atoms with Gasteiger partial charge in [0.15, 0.2) is 0 Å². The van der Waals surface area contributed by atoms with E-state index >= 15 is 0 Å². The van der Waals surface area contributed by atoms with Crippen LogP contribution in [-0.4, -0.2) is 0 Å². The predicted molar refractivity (Wildman–Crippen MR) is 47.1 cm³/mol. The van der Waals surface area contributed by atoms with Gasteiger partial charge in [-0.15, -0.1) is 0 Å². The van der Waals surface area contributed by atoms with Crippen LogP contribution in [0.5, 0.6) is 0 Å². The van der Waals surface area contributed by atoms with Gasteiger partial charge in [-0.05, 0) is 6.92 Å². The summed E-state index contributed by atoms with van der Waals surface area (Å²) in [6.45, 7) is 4.99. The standard InChI is InChI=1S/C3H9N2O2PS2/c1-3(2)7-8(6,9-4)10-5/h1,4-5H2,2H3. The topological polar surface area (TPSA) is 78.3 Å². The minimum atomic E-state index is -2.95. The average Bonchev–Trinajstić information content (AvgIpc) is 1.87. The van der Waals surface area contributed by atoms with Gasteiger partial charge < -0.3 is 4.52 Å². The summed E-state index contributed by atoms with van der Waals surface area (Å²) in [5.41, 5.74) is 0. The smallest absolute Gasteiger partial charge is 0.387 e. The van der Waals surface area contributed by atoms with Crippen molar-refractivity contribution in [3.63, 3.8) is 0 Å². The minimum Gasteiger partial charge on any atom is -0.433 e. The molecule has 0 aliphatic rings. The molecule has 0 amide bonds. The van der Waals surface area contributed by atoms with Crippen molar-refractivity contribution in [1.29, 1.82) is 0 Å². The summed E-state index contributed by atoms with van der Waals surface area (Å²) in [5, 5.41) is 10.1. The lowest BCUT2D eigenvalue weighted by Gasteiger charge is -2.11. The molecule has 0 aromatic rings. The van der Waals surface area contributed by atoms with Crippen LogP contribution in [0.15, 0.2) is 12.3 Å². The van der Waals surface area contributed by atoms with Crippen LogP contribution in [0.1, 0.15) is 6.92 Å². The first-order chi connectivity index (χ1) is 4.54. The van der Waals surface area contributed by atoms with E-state index in [1.54, 1.807) is 6.92 Å². The molecule has 0 saturated heterocycles. The molecule has 0 bridgehead atoms. The van der Waals surface area contributed by atoms with Crippen LogP contribution in [0, 0.1) is 0 Å². The third-order valence-electron chi connectivity index (χ3n) is 0.526. The van der Waals surface area contributed by atoms with E-state index in [1.807, 2.05) is 0 Å². The predicted octanol–water partition coefficient (Wildman–Crippen LogP) is 1.86. The summed E-state index contributed by atoms with van der Waals surface area (Å²) in [6, 6.07) is 0. The van der Waals surface area contributed by atoms with Gasteiger partial charge in [0.1, 0.15) is 0 Å². The molecule has 0 spiro atoms. The highest BCUT2D eigenvalue weighted by Crippen LogP contribution is 2.66. The van der Waals surface area contributed by atoms with Gasteiger partial charge in [0.25, 0.3) is 0 Å². The quantitative estimate of drug-likeness (QED) is 0.409. The Morgan fingerprint density at radius 2 is 2.00 bits per heavy atom. The van der Waals surface area contributed by atoms with Crippen molar-refractivity contribution in [2.45, 2.75) is 6.92 Å². The molecule has 0 aromatic carbocycles. The Morgan fingerprint density at radius 3 is 2.10 bits per heavy atom. The van der Waals surface area contributed by atoms with E-state index in [2.05, 4.69) is 6.58 Å². The van der Waals surface area contributed by atoms with Crippen LogP contribution in [0.2, 0.25) is 0 Å². The van der Waals surface area contributed by atoms with Crippen molar-refractivity contribution < 1.29 is 9.09 Å². The highest BCUT2D eigenvalue weighted by atomic mass is 33.1. The Balaban J connectivity index is 4.07. The molecule has 0 aliphatic carbocycles. The molecular formula is C3H9N2O2PS2. The van der Waals surface area contributed by atoms with Gasteiger partial charge in [-0.25, -0.2) is 0 Å². The van der Waals surface area contributed by atoms with Gasteiger partial charge in [-0.3, -0.25) is 14.8 Å². The second kappa shape index (κ2) is 4.31. The van der Waals surface area contributed by atoms with Crippen LogP contribution >= 0.6 is 28.9 Å². The van der Waals surface area contributed by atoms with Gasteiger partial charge in [0, 0.05) is 23.1 Å². The Hall–Kier alpha value is 0.390. The van der Waals surface area contributed by atoms with E-state index in [9.17, 15) is 4.57 Å². The molecule has 0 atom stereocenters. The molecule has 0 aromatic heterocycles. The first-order valence-electron chi connectivity index (χ1n) is 2.26. The number of hydrogen-bond acceptors (Lipinski definition) is 6. The summed E-state index contributed by atoms with van der Waals surface area (Å²) in [6.07, 6.45) is 0. The molecule has 0 fully saturated rings. The average molecular weight is 200 g/mol. The van der Waals surface area contributed by atoms with Gasteiger partial charge in [-0.1, -0.05) is 6.58 Å². The zero-order valence-electron chi connectivity index (χ0n) is 5.44. The van der Waals surface area contributed by atoms with E-state index in [0.717, 1.165) is 0 Å². The number of allylic oxidation sites excluding steroid dienone is 1. The second-order valence-electron chi connectivity index (χ2n) is 1.45. The Labute approximate surface area is 68.0 Å². The molecule has 7 heteroatoms. The zero-order chi connectivity index (χ0) is 8.20. The highest BCUT2D eigenvalue weighted by Gasteiger charge is 2.22. The van der Waals surface area contributed by atoms with Gasteiger partial charge >= 0.3 is 5.77 Å². The fraction of sp³-hybridized carbons (Fsp3) is 0.333. The van der Waals surface area contributed by atoms with Crippen LogP contribution in [0.3, 0.4) is 0 Å². The molecule has 10 heavy (non-hydrogen) atoms. The Bertz CT molecular complexity index is 166. The maximum Gasteiger partial charge on any atom is 0.387 e. The Morgan fingerprint density at radius 1 is 1.60 bits per heavy atom. The fourth-order valence-corrected chi connectivity index (χ4v) is 2.39. The van der Waals surface area contributed by atoms with Crippen molar-refractivity contribution in [3.8, 4) is 0 Å². The van der Waals surface area contributed by atoms with Crippen molar-refractivity contribution in [2.24, 2.45) is 10.3 Å². The van der Waals surface area contributed by atoms with Crippen molar-refractivity contribution in [1.82, 2.24) is 0 Å². The molecule has 0 aliphatic heterocycles. The maximum atomic E-state index is 11.2. The number of nitrogens with two attached hydrogens (primary N) is 2. The summed E-state index contributed by atoms with van der Waals surface area (Å²) in [7, 11) is 0. The van der Waals surface area contributed by atoms with E-state index < -0.39 is 5.77 Å². The third kappa shape index (κ3) is 3.53.